The highest BCUT2D eigenvalue weighted by molar-refractivity contribution is 5.69. The number of ether oxygens (including phenoxy) is 6. The Kier molecular flexibility index (Phi) is 61.6. The molecular formula is C65H129NO8. The van der Waals surface area contributed by atoms with Crippen LogP contribution in [0.2, 0.25) is 0 Å². The number of nitrogens with zero attached hydrogens (tertiary/aromatic N) is 1. The molecule has 0 rings (SSSR count). The molecule has 9 heteroatoms. The first-order chi connectivity index (χ1) is 36.5. The normalized spacial score (nSPS) is 11.8. The summed E-state index contributed by atoms with van der Waals surface area (Å²) in [5, 5.41) is 9.40. The van der Waals surface area contributed by atoms with Crippen LogP contribution in [0.3, 0.4) is 0 Å². The minimum Gasteiger partial charge on any atom is -0.499 e. The number of rotatable bonds is 65. The second-order valence-electron chi connectivity index (χ2n) is 22.0. The van der Waals surface area contributed by atoms with Crippen molar-refractivity contribution in [1.82, 2.24) is 4.90 Å². The number of hydrogen-bond acceptors (Lipinski definition) is 9. The molecule has 0 atom stereocenters. The summed E-state index contributed by atoms with van der Waals surface area (Å²) in [6, 6.07) is 0. The number of aliphatic hydroxyl groups excluding tert-OH is 1. The molecule has 0 aromatic heterocycles. The number of aliphatic hydroxyl groups is 1. The molecule has 0 saturated heterocycles. The molecule has 0 aliphatic heterocycles. The van der Waals surface area contributed by atoms with Crippen LogP contribution in [0.5, 0.6) is 0 Å². The number of unbranched alkanes of at least 4 members (excludes halogenated alkanes) is 35. The van der Waals surface area contributed by atoms with E-state index in [0.29, 0.717) is 32.7 Å². The average molecular weight is 1050 g/mol. The molecule has 0 unspecified atom stereocenters. The van der Waals surface area contributed by atoms with Gasteiger partial charge in [0.25, 0.3) is 0 Å². The van der Waals surface area contributed by atoms with Crippen molar-refractivity contribution >= 4 is 5.97 Å². The summed E-state index contributed by atoms with van der Waals surface area (Å²) in [5.74, 6) is 0.736. The van der Waals surface area contributed by atoms with Gasteiger partial charge in [-0.15, -0.1) is 0 Å². The molecule has 0 bridgehead atoms. The van der Waals surface area contributed by atoms with Crippen LogP contribution >= 0.6 is 0 Å². The van der Waals surface area contributed by atoms with Crippen LogP contribution in [-0.4, -0.2) is 94.4 Å². The lowest BCUT2D eigenvalue weighted by Crippen LogP contribution is -2.27. The molecule has 442 valence electrons. The van der Waals surface area contributed by atoms with Gasteiger partial charge in [-0.1, -0.05) is 240 Å². The maximum absolute atomic E-state index is 12.6. The van der Waals surface area contributed by atoms with Gasteiger partial charge in [-0.05, 0) is 83.8 Å². The van der Waals surface area contributed by atoms with E-state index in [1.54, 1.807) is 0 Å². The molecule has 0 aromatic rings. The Bertz CT molecular complexity index is 976. The van der Waals surface area contributed by atoms with E-state index in [0.717, 1.165) is 116 Å². The zero-order valence-corrected chi connectivity index (χ0v) is 50.2. The van der Waals surface area contributed by atoms with Crippen LogP contribution in [0, 0.1) is 0 Å². The highest BCUT2D eigenvalue weighted by atomic mass is 16.7. The molecule has 0 radical (unpaired) electrons. The van der Waals surface area contributed by atoms with Gasteiger partial charge in [0, 0.05) is 52.3 Å². The maximum Gasteiger partial charge on any atom is 0.305 e. The Morgan fingerprint density at radius 3 is 0.959 bits per heavy atom. The van der Waals surface area contributed by atoms with E-state index < -0.39 is 0 Å². The summed E-state index contributed by atoms with van der Waals surface area (Å²) in [5.41, 5.74) is 0. The van der Waals surface area contributed by atoms with Crippen molar-refractivity contribution in [1.29, 1.82) is 0 Å². The molecule has 0 saturated carbocycles. The zero-order chi connectivity index (χ0) is 53.7. The van der Waals surface area contributed by atoms with Gasteiger partial charge in [0.15, 0.2) is 12.6 Å². The van der Waals surface area contributed by atoms with E-state index in [-0.39, 0.29) is 25.2 Å². The first kappa shape index (κ1) is 72.8. The summed E-state index contributed by atoms with van der Waals surface area (Å²) in [4.78, 5) is 15.3. The fourth-order valence-corrected chi connectivity index (χ4v) is 9.66. The summed E-state index contributed by atoms with van der Waals surface area (Å²) in [6.07, 6.45) is 53.9. The second-order valence-corrected chi connectivity index (χ2v) is 22.0. The second kappa shape index (κ2) is 62.6. The van der Waals surface area contributed by atoms with Gasteiger partial charge in [0.05, 0.1) is 25.4 Å². The Morgan fingerprint density at radius 2 is 0.622 bits per heavy atom. The third-order valence-corrected chi connectivity index (χ3v) is 14.6. The Morgan fingerprint density at radius 1 is 0.351 bits per heavy atom. The van der Waals surface area contributed by atoms with Crippen LogP contribution in [0.15, 0.2) is 12.3 Å². The Labute approximate surface area is 461 Å². The average Bonchev–Trinajstić information content (AvgIpc) is 3.40. The predicted octanol–water partition coefficient (Wildman–Crippen LogP) is 19.1. The monoisotopic (exact) mass is 1050 g/mol. The van der Waals surface area contributed by atoms with E-state index in [1.165, 1.54) is 212 Å². The molecule has 0 amide bonds. The number of carbonyl (C=O) groups excluding carboxylic acids is 1. The van der Waals surface area contributed by atoms with E-state index >= 15 is 0 Å². The van der Waals surface area contributed by atoms with Crippen LogP contribution in [0.4, 0.5) is 0 Å². The lowest BCUT2D eigenvalue weighted by atomic mass is 10.1. The van der Waals surface area contributed by atoms with Crippen LogP contribution in [0.1, 0.15) is 323 Å². The van der Waals surface area contributed by atoms with Crippen LogP contribution in [0.25, 0.3) is 0 Å². The van der Waals surface area contributed by atoms with Crippen molar-refractivity contribution in [3.63, 3.8) is 0 Å². The van der Waals surface area contributed by atoms with Gasteiger partial charge in [-0.2, -0.15) is 0 Å². The van der Waals surface area contributed by atoms with E-state index in [4.69, 9.17) is 28.4 Å². The standard InChI is InChI=1S/C65H129NO8/c1-6-10-14-18-24-34-44-58-71-64(72-59-45-35-25-19-15-11-7-2)50-48-62(5)69-56-42-32-28-22-30-38-52-66(54-40-41-55-67)53-39-31-23-29-33-43-57-70-63(68)49-51-65(73-60-46-36-26-20-16-12-8-3)74-61-47-37-27-21-17-13-9-4/h64-65,67H,5-61H2,1-4H3. The van der Waals surface area contributed by atoms with E-state index in [9.17, 15) is 9.90 Å². The van der Waals surface area contributed by atoms with Gasteiger partial charge in [0.1, 0.15) is 0 Å². The molecule has 0 aliphatic rings. The third kappa shape index (κ3) is 57.0. The van der Waals surface area contributed by atoms with Crippen LogP contribution < -0.4 is 0 Å². The summed E-state index contributed by atoms with van der Waals surface area (Å²) in [7, 11) is 0. The minimum atomic E-state index is -0.313. The summed E-state index contributed by atoms with van der Waals surface area (Å²) >= 11 is 0. The van der Waals surface area contributed by atoms with E-state index in [1.807, 2.05) is 0 Å². The Balaban J connectivity index is 4.26. The van der Waals surface area contributed by atoms with Gasteiger partial charge in [-0.3, -0.25) is 4.79 Å². The number of carbonyl (C=O) groups is 1. The molecule has 0 aromatic carbocycles. The fourth-order valence-electron chi connectivity index (χ4n) is 9.66. The molecule has 0 heterocycles. The van der Waals surface area contributed by atoms with Crippen LogP contribution in [-0.2, 0) is 33.2 Å². The highest BCUT2D eigenvalue weighted by Gasteiger charge is 2.15. The molecule has 0 spiro atoms. The molecule has 74 heavy (non-hydrogen) atoms. The molecular weight excluding hydrogens is 923 g/mol. The van der Waals surface area contributed by atoms with Crippen molar-refractivity contribution < 1.29 is 38.3 Å². The van der Waals surface area contributed by atoms with Crippen molar-refractivity contribution in [2.75, 3.05) is 65.9 Å². The molecule has 0 aliphatic carbocycles. The van der Waals surface area contributed by atoms with Gasteiger partial charge >= 0.3 is 5.97 Å². The van der Waals surface area contributed by atoms with Crippen molar-refractivity contribution in [3.8, 4) is 0 Å². The maximum atomic E-state index is 12.6. The quantitative estimate of drug-likeness (QED) is 0.0276. The predicted molar refractivity (Wildman–Crippen MR) is 316 cm³/mol. The van der Waals surface area contributed by atoms with Gasteiger partial charge in [0.2, 0.25) is 0 Å². The number of esters is 1. The van der Waals surface area contributed by atoms with Crippen molar-refractivity contribution in [3.05, 3.63) is 12.3 Å². The van der Waals surface area contributed by atoms with Crippen molar-refractivity contribution in [2.45, 2.75) is 336 Å². The fraction of sp³-hybridized carbons (Fsp3) is 0.954. The topological polar surface area (TPSA) is 95.9 Å². The highest BCUT2D eigenvalue weighted by Crippen LogP contribution is 2.18. The van der Waals surface area contributed by atoms with Gasteiger partial charge < -0.3 is 38.4 Å². The smallest absolute Gasteiger partial charge is 0.305 e. The largest absolute Gasteiger partial charge is 0.499 e. The third-order valence-electron chi connectivity index (χ3n) is 14.6. The van der Waals surface area contributed by atoms with Crippen molar-refractivity contribution in [2.24, 2.45) is 0 Å². The van der Waals surface area contributed by atoms with Gasteiger partial charge in [-0.25, -0.2) is 0 Å². The summed E-state index contributed by atoms with van der Waals surface area (Å²) in [6.45, 7) is 21.2. The molecule has 9 nitrogen and oxygen atoms in total. The zero-order valence-electron chi connectivity index (χ0n) is 50.2. The van der Waals surface area contributed by atoms with E-state index in [2.05, 4.69) is 39.2 Å². The minimum absolute atomic E-state index is 0.128. The first-order valence-corrected chi connectivity index (χ1v) is 32.8. The summed E-state index contributed by atoms with van der Waals surface area (Å²) < 4.78 is 36.5. The SMILES string of the molecule is C=C(CCC(OCCCCCCCCC)OCCCCCCCCC)OCCCCCCCCN(CCCCO)CCCCCCCCOC(=O)CCC(OCCCCCCCCC)OCCCCCCCCC. The lowest BCUT2D eigenvalue weighted by molar-refractivity contribution is -0.159. The number of hydrogen-bond donors (Lipinski definition) is 1. The first-order valence-electron chi connectivity index (χ1n) is 32.8. The number of allylic oxidation sites excluding steroid dienone is 1. The lowest BCUT2D eigenvalue weighted by Gasteiger charge is -2.22. The molecule has 0 fully saturated rings. The Hall–Kier alpha value is -1.23. The molecule has 1 N–H and O–H groups in total.